The highest BCUT2D eigenvalue weighted by Crippen LogP contribution is 2.46. The largest absolute Gasteiger partial charge is 0.377 e. The number of aromatic amines is 1. The summed E-state index contributed by atoms with van der Waals surface area (Å²) in [6.45, 7) is 4.56. The van der Waals surface area contributed by atoms with Crippen LogP contribution in [0.2, 0.25) is 10.0 Å². The number of ether oxygens (including phenoxy) is 1. The van der Waals surface area contributed by atoms with E-state index in [0.717, 1.165) is 60.5 Å². The Morgan fingerprint density at radius 3 is 2.80 bits per heavy atom. The molecule has 2 aliphatic rings. The predicted molar refractivity (Wildman–Crippen MR) is 121 cm³/mol. The van der Waals surface area contributed by atoms with E-state index in [4.69, 9.17) is 38.3 Å². The van der Waals surface area contributed by atoms with Gasteiger partial charge in [-0.1, -0.05) is 35.3 Å². The lowest BCUT2D eigenvalue weighted by Gasteiger charge is -2.41. The van der Waals surface area contributed by atoms with Crippen LogP contribution in [0.15, 0.2) is 30.7 Å². The number of nitrogens with one attached hydrogen (secondary N) is 2. The van der Waals surface area contributed by atoms with Gasteiger partial charge in [0.05, 0.1) is 29.1 Å². The summed E-state index contributed by atoms with van der Waals surface area (Å²) in [5, 5.41) is 8.88. The number of anilines is 1. The zero-order valence-corrected chi connectivity index (χ0v) is 18.2. The number of halogens is 2. The average Bonchev–Trinajstić information content (AvgIpc) is 3.36. The van der Waals surface area contributed by atoms with E-state index in [1.54, 1.807) is 18.6 Å². The van der Waals surface area contributed by atoms with Crippen molar-refractivity contribution < 1.29 is 4.74 Å². The second kappa shape index (κ2) is 7.52. The molecule has 0 unspecified atom stereocenters. The molecule has 6 nitrogen and oxygen atoms in total. The van der Waals surface area contributed by atoms with E-state index >= 15 is 0 Å². The summed E-state index contributed by atoms with van der Waals surface area (Å²) in [4.78, 5) is 14.9. The Morgan fingerprint density at radius 1 is 1.23 bits per heavy atom. The van der Waals surface area contributed by atoms with Crippen molar-refractivity contribution in [2.45, 2.75) is 25.9 Å². The molecular weight excluding hydrogens is 421 g/mol. The lowest BCUT2D eigenvalue weighted by Crippen LogP contribution is -2.45. The van der Waals surface area contributed by atoms with E-state index in [1.807, 2.05) is 18.3 Å². The third-order valence-electron chi connectivity index (χ3n) is 6.76. The number of H-pyrrole nitrogens is 1. The molecule has 2 fully saturated rings. The number of rotatable bonds is 3. The molecular formula is C22H23Cl2N5O. The maximum Gasteiger partial charge on any atom is 0.154 e. The molecule has 0 bridgehead atoms. The van der Waals surface area contributed by atoms with Gasteiger partial charge in [0.15, 0.2) is 5.82 Å². The predicted octanol–water partition coefficient (Wildman–Crippen LogP) is 5.20. The standard InChI is InChI=1S/C22H23Cl2N5O/c1-13-16(9-25)22(11-30-13)5-7-29(8-6-22)21-20-19(27-12-28-20)15(10-26-21)14-3-2-4-17(23)18(14)24/h2-4,9-10,12-13,16,25H,5-8,11H2,1H3,(H,27,28)/t13-,16+/m0/s1. The van der Waals surface area contributed by atoms with Crippen molar-refractivity contribution in [3.63, 3.8) is 0 Å². The second-order valence-corrected chi connectivity index (χ2v) is 9.07. The van der Waals surface area contributed by atoms with E-state index in [9.17, 15) is 0 Å². The Morgan fingerprint density at radius 2 is 2.03 bits per heavy atom. The topological polar surface area (TPSA) is 77.9 Å². The van der Waals surface area contributed by atoms with Crippen LogP contribution in [-0.4, -0.2) is 47.0 Å². The molecule has 2 aliphatic heterocycles. The minimum atomic E-state index is 0.0685. The fourth-order valence-electron chi connectivity index (χ4n) is 5.02. The molecule has 0 amide bonds. The first kappa shape index (κ1) is 19.8. The molecule has 1 aromatic carbocycles. The van der Waals surface area contributed by atoms with Gasteiger partial charge in [-0.25, -0.2) is 9.97 Å². The van der Waals surface area contributed by atoms with Gasteiger partial charge in [0.1, 0.15) is 11.0 Å². The first-order valence-electron chi connectivity index (χ1n) is 10.2. The number of pyridine rings is 1. The summed E-state index contributed by atoms with van der Waals surface area (Å²) in [5.41, 5.74) is 3.49. The molecule has 30 heavy (non-hydrogen) atoms. The first-order valence-corrected chi connectivity index (χ1v) is 10.9. The first-order chi connectivity index (χ1) is 14.5. The molecule has 4 heterocycles. The van der Waals surface area contributed by atoms with Gasteiger partial charge >= 0.3 is 0 Å². The Hall–Kier alpha value is -2.15. The smallest absolute Gasteiger partial charge is 0.154 e. The number of hydrogen-bond acceptors (Lipinski definition) is 5. The number of imidazole rings is 1. The molecule has 2 saturated heterocycles. The van der Waals surface area contributed by atoms with Crippen molar-refractivity contribution in [1.82, 2.24) is 15.0 Å². The van der Waals surface area contributed by atoms with Gasteiger partial charge in [0, 0.05) is 48.0 Å². The summed E-state index contributed by atoms with van der Waals surface area (Å²) in [5.74, 6) is 1.09. The molecule has 8 heteroatoms. The molecule has 0 saturated carbocycles. The minimum Gasteiger partial charge on any atom is -0.377 e. The van der Waals surface area contributed by atoms with Crippen LogP contribution in [0.25, 0.3) is 22.2 Å². The number of hydrogen-bond donors (Lipinski definition) is 2. The summed E-state index contributed by atoms with van der Waals surface area (Å²) in [6.07, 6.45) is 7.20. The van der Waals surface area contributed by atoms with Crippen LogP contribution in [0.5, 0.6) is 0 Å². The number of benzene rings is 1. The number of aromatic nitrogens is 3. The molecule has 2 N–H and O–H groups in total. The summed E-state index contributed by atoms with van der Waals surface area (Å²) in [6, 6.07) is 5.59. The molecule has 1 spiro atoms. The second-order valence-electron chi connectivity index (χ2n) is 8.28. The molecule has 2 atom stereocenters. The Bertz CT molecular complexity index is 1110. The van der Waals surface area contributed by atoms with Crippen LogP contribution in [-0.2, 0) is 4.74 Å². The van der Waals surface area contributed by atoms with Gasteiger partial charge < -0.3 is 20.0 Å². The van der Waals surface area contributed by atoms with Crippen molar-refractivity contribution >= 4 is 46.3 Å². The van der Waals surface area contributed by atoms with Crippen LogP contribution in [0.3, 0.4) is 0 Å². The lowest BCUT2D eigenvalue weighted by atomic mass is 9.69. The summed E-state index contributed by atoms with van der Waals surface area (Å²) in [7, 11) is 0. The van der Waals surface area contributed by atoms with Gasteiger partial charge in [0.25, 0.3) is 0 Å². The van der Waals surface area contributed by atoms with Crippen molar-refractivity contribution in [3.05, 3.63) is 40.8 Å². The molecule has 2 aromatic heterocycles. The van der Waals surface area contributed by atoms with Crippen LogP contribution >= 0.6 is 23.2 Å². The molecule has 3 aromatic rings. The fourth-order valence-corrected chi connectivity index (χ4v) is 5.42. The van der Waals surface area contributed by atoms with Crippen molar-refractivity contribution in [2.75, 3.05) is 24.6 Å². The lowest BCUT2D eigenvalue weighted by molar-refractivity contribution is 0.0973. The van der Waals surface area contributed by atoms with Gasteiger partial charge in [-0.05, 0) is 25.8 Å². The zero-order chi connectivity index (χ0) is 20.9. The highest BCUT2D eigenvalue weighted by molar-refractivity contribution is 6.43. The average molecular weight is 444 g/mol. The molecule has 0 aliphatic carbocycles. The van der Waals surface area contributed by atoms with Crippen LogP contribution < -0.4 is 4.90 Å². The van der Waals surface area contributed by atoms with Crippen LogP contribution in [0, 0.1) is 16.7 Å². The Balaban J connectivity index is 1.47. The highest BCUT2D eigenvalue weighted by atomic mass is 35.5. The van der Waals surface area contributed by atoms with Crippen LogP contribution in [0.1, 0.15) is 19.8 Å². The molecule has 5 rings (SSSR count). The monoisotopic (exact) mass is 443 g/mol. The van der Waals surface area contributed by atoms with E-state index in [2.05, 4.69) is 21.8 Å². The molecule has 0 radical (unpaired) electrons. The minimum absolute atomic E-state index is 0.0685. The van der Waals surface area contributed by atoms with E-state index < -0.39 is 0 Å². The maximum atomic E-state index is 7.87. The van der Waals surface area contributed by atoms with Crippen molar-refractivity contribution in [1.29, 1.82) is 5.41 Å². The highest BCUT2D eigenvalue weighted by Gasteiger charge is 2.48. The van der Waals surface area contributed by atoms with Gasteiger partial charge in [-0.3, -0.25) is 0 Å². The maximum absolute atomic E-state index is 7.87. The van der Waals surface area contributed by atoms with Gasteiger partial charge in [-0.2, -0.15) is 0 Å². The zero-order valence-electron chi connectivity index (χ0n) is 16.7. The van der Waals surface area contributed by atoms with Gasteiger partial charge in [0.2, 0.25) is 0 Å². The third-order valence-corrected chi connectivity index (χ3v) is 7.58. The van der Waals surface area contributed by atoms with E-state index in [0.29, 0.717) is 10.0 Å². The van der Waals surface area contributed by atoms with E-state index in [-0.39, 0.29) is 17.4 Å². The number of nitrogens with zero attached hydrogens (tertiary/aromatic N) is 3. The fraction of sp³-hybridized carbons (Fsp3) is 0.409. The third kappa shape index (κ3) is 3.01. The normalized spacial score (nSPS) is 23.4. The van der Waals surface area contributed by atoms with Crippen molar-refractivity contribution in [3.8, 4) is 11.1 Å². The van der Waals surface area contributed by atoms with Crippen molar-refractivity contribution in [2.24, 2.45) is 11.3 Å². The number of fused-ring (bicyclic) bond motifs is 1. The van der Waals surface area contributed by atoms with Gasteiger partial charge in [-0.15, -0.1) is 0 Å². The number of piperidine rings is 1. The Kier molecular flexibility index (Phi) is 4.96. The SMILES string of the molecule is C[C@@H]1OCC2(CCN(c3ncc(-c4cccc(Cl)c4Cl)c4nc[nH]c34)CC2)[C@@H]1C=N. The summed E-state index contributed by atoms with van der Waals surface area (Å²) >= 11 is 12.7. The van der Waals surface area contributed by atoms with E-state index in [1.165, 1.54) is 0 Å². The Labute approximate surface area is 185 Å². The molecule has 156 valence electrons. The summed E-state index contributed by atoms with van der Waals surface area (Å²) < 4.78 is 5.91. The quantitative estimate of drug-likeness (QED) is 0.545. The van der Waals surface area contributed by atoms with Crippen LogP contribution in [0.4, 0.5) is 5.82 Å².